The van der Waals surface area contributed by atoms with Gasteiger partial charge in [0.25, 0.3) is 5.91 Å². The van der Waals surface area contributed by atoms with Crippen molar-refractivity contribution in [2.75, 3.05) is 19.9 Å². The van der Waals surface area contributed by atoms with Crippen LogP contribution in [0.2, 0.25) is 0 Å². The SMILES string of the molecule is O=C(CN1C(=O)N[C@@]2(CCOc3ccccc32)C1=O)c1ccc2c(c1)OCO2. The number of amides is 3. The molecule has 3 amide bonds. The van der Waals surface area contributed by atoms with E-state index in [1.165, 1.54) is 0 Å². The number of benzene rings is 2. The van der Waals surface area contributed by atoms with Gasteiger partial charge in [0.1, 0.15) is 5.75 Å². The standard InChI is InChI=1S/C20H16N2O6/c23-14(12-5-6-16-17(9-12)28-11-27-16)10-22-18(24)20(21-19(22)25)7-8-26-15-4-2-1-3-13(15)20/h1-6,9H,7-8,10-11H2,(H,21,25)/t20-/m1/s1. The molecule has 28 heavy (non-hydrogen) atoms. The smallest absolute Gasteiger partial charge is 0.325 e. The Hall–Kier alpha value is -3.55. The number of rotatable bonds is 3. The first-order valence-electron chi connectivity index (χ1n) is 8.88. The number of hydrogen-bond acceptors (Lipinski definition) is 6. The first-order valence-corrected chi connectivity index (χ1v) is 8.88. The molecule has 2 aromatic carbocycles. The molecule has 1 fully saturated rings. The fraction of sp³-hybridized carbons (Fsp3) is 0.250. The largest absolute Gasteiger partial charge is 0.493 e. The van der Waals surface area contributed by atoms with Gasteiger partial charge in [-0.25, -0.2) is 4.79 Å². The van der Waals surface area contributed by atoms with Gasteiger partial charge < -0.3 is 19.5 Å². The minimum absolute atomic E-state index is 0.101. The number of ketones is 1. The summed E-state index contributed by atoms with van der Waals surface area (Å²) in [6.45, 7) is 0.0477. The van der Waals surface area contributed by atoms with Gasteiger partial charge in [-0.05, 0) is 24.3 Å². The van der Waals surface area contributed by atoms with Gasteiger partial charge in [0.15, 0.2) is 22.8 Å². The Kier molecular flexibility index (Phi) is 3.55. The van der Waals surface area contributed by atoms with Crippen molar-refractivity contribution < 1.29 is 28.6 Å². The average molecular weight is 380 g/mol. The summed E-state index contributed by atoms with van der Waals surface area (Å²) >= 11 is 0. The lowest BCUT2D eigenvalue weighted by molar-refractivity contribution is -0.132. The number of nitrogens with zero attached hydrogens (tertiary/aromatic N) is 1. The molecule has 1 N–H and O–H groups in total. The third-order valence-corrected chi connectivity index (χ3v) is 5.25. The van der Waals surface area contributed by atoms with E-state index < -0.39 is 17.5 Å². The van der Waals surface area contributed by atoms with Gasteiger partial charge in [-0.1, -0.05) is 18.2 Å². The van der Waals surface area contributed by atoms with Gasteiger partial charge >= 0.3 is 6.03 Å². The third kappa shape index (κ3) is 2.34. The third-order valence-electron chi connectivity index (χ3n) is 5.25. The monoisotopic (exact) mass is 380 g/mol. The average Bonchev–Trinajstić information content (AvgIpc) is 3.27. The second kappa shape index (κ2) is 5.98. The summed E-state index contributed by atoms with van der Waals surface area (Å²) < 4.78 is 16.1. The normalized spacial score (nSPS) is 22.1. The molecule has 5 rings (SSSR count). The number of carbonyl (C=O) groups excluding carboxylic acids is 3. The van der Waals surface area contributed by atoms with Crippen LogP contribution in [0.3, 0.4) is 0 Å². The molecule has 0 bridgehead atoms. The number of para-hydroxylation sites is 1. The maximum atomic E-state index is 13.2. The first-order chi connectivity index (χ1) is 13.6. The topological polar surface area (TPSA) is 94.2 Å². The Morgan fingerprint density at radius 3 is 2.75 bits per heavy atom. The molecule has 8 nitrogen and oxygen atoms in total. The molecule has 1 saturated heterocycles. The number of urea groups is 1. The highest BCUT2D eigenvalue weighted by Gasteiger charge is 2.55. The maximum absolute atomic E-state index is 13.2. The van der Waals surface area contributed by atoms with E-state index in [-0.39, 0.29) is 19.1 Å². The zero-order valence-electron chi connectivity index (χ0n) is 14.8. The quantitative estimate of drug-likeness (QED) is 0.645. The number of fused-ring (bicyclic) bond motifs is 3. The minimum atomic E-state index is -1.19. The molecule has 0 aromatic heterocycles. The number of hydrogen-bond donors (Lipinski definition) is 1. The molecule has 3 aliphatic rings. The molecule has 3 aliphatic heterocycles. The highest BCUT2D eigenvalue weighted by molar-refractivity contribution is 6.11. The van der Waals surface area contributed by atoms with Crippen LogP contribution in [0.25, 0.3) is 0 Å². The maximum Gasteiger partial charge on any atom is 0.325 e. The molecular formula is C20H16N2O6. The van der Waals surface area contributed by atoms with Crippen molar-refractivity contribution in [2.45, 2.75) is 12.0 Å². The van der Waals surface area contributed by atoms with Crippen LogP contribution in [-0.2, 0) is 10.3 Å². The van der Waals surface area contributed by atoms with E-state index in [1.54, 1.807) is 42.5 Å². The van der Waals surface area contributed by atoms with Gasteiger partial charge in [-0.2, -0.15) is 0 Å². The summed E-state index contributed by atoms with van der Waals surface area (Å²) in [5.74, 6) is 0.787. The van der Waals surface area contributed by atoms with Gasteiger partial charge in [-0.3, -0.25) is 14.5 Å². The number of Topliss-reactive ketones (excluding diaryl/α,β-unsaturated/α-hetero) is 1. The van der Waals surface area contributed by atoms with E-state index in [4.69, 9.17) is 14.2 Å². The van der Waals surface area contributed by atoms with Crippen LogP contribution >= 0.6 is 0 Å². The molecule has 1 atom stereocenters. The van der Waals surface area contributed by atoms with Crippen molar-refractivity contribution in [1.82, 2.24) is 10.2 Å². The Morgan fingerprint density at radius 1 is 1.04 bits per heavy atom. The lowest BCUT2D eigenvalue weighted by Crippen LogP contribution is -2.47. The van der Waals surface area contributed by atoms with Gasteiger partial charge in [0.05, 0.1) is 13.2 Å². The summed E-state index contributed by atoms with van der Waals surface area (Å²) in [7, 11) is 0. The van der Waals surface area contributed by atoms with E-state index in [2.05, 4.69) is 5.32 Å². The van der Waals surface area contributed by atoms with Gasteiger partial charge in [-0.15, -0.1) is 0 Å². The summed E-state index contributed by atoms with van der Waals surface area (Å²) in [6.07, 6.45) is 0.309. The predicted octanol–water partition coefficient (Wildman–Crippen LogP) is 1.83. The molecule has 0 unspecified atom stereocenters. The fourth-order valence-electron chi connectivity index (χ4n) is 3.82. The lowest BCUT2D eigenvalue weighted by Gasteiger charge is -2.33. The number of nitrogens with one attached hydrogen (secondary N) is 1. The molecule has 0 radical (unpaired) electrons. The minimum Gasteiger partial charge on any atom is -0.493 e. The van der Waals surface area contributed by atoms with E-state index in [0.29, 0.717) is 41.4 Å². The Bertz CT molecular complexity index is 1020. The second-order valence-electron chi connectivity index (χ2n) is 6.81. The fourth-order valence-corrected chi connectivity index (χ4v) is 3.82. The molecule has 0 saturated carbocycles. The molecule has 0 aliphatic carbocycles. The van der Waals surface area contributed by atoms with Crippen molar-refractivity contribution in [1.29, 1.82) is 0 Å². The summed E-state index contributed by atoms with van der Waals surface area (Å²) in [6, 6.07) is 11.3. The lowest BCUT2D eigenvalue weighted by atomic mass is 9.84. The van der Waals surface area contributed by atoms with E-state index >= 15 is 0 Å². The van der Waals surface area contributed by atoms with Gasteiger partial charge in [0, 0.05) is 17.5 Å². The van der Waals surface area contributed by atoms with Crippen LogP contribution < -0.4 is 19.5 Å². The zero-order valence-corrected chi connectivity index (χ0v) is 14.8. The van der Waals surface area contributed by atoms with Crippen LogP contribution in [0.15, 0.2) is 42.5 Å². The van der Waals surface area contributed by atoms with Crippen molar-refractivity contribution >= 4 is 17.7 Å². The van der Waals surface area contributed by atoms with Gasteiger partial charge in [0.2, 0.25) is 6.79 Å². The number of ether oxygens (including phenoxy) is 3. The van der Waals surface area contributed by atoms with Crippen LogP contribution in [0.1, 0.15) is 22.3 Å². The van der Waals surface area contributed by atoms with Crippen molar-refractivity contribution in [3.05, 3.63) is 53.6 Å². The zero-order chi connectivity index (χ0) is 19.3. The molecule has 2 aromatic rings. The van der Waals surface area contributed by atoms with Crippen LogP contribution in [-0.4, -0.2) is 42.6 Å². The second-order valence-corrected chi connectivity index (χ2v) is 6.81. The van der Waals surface area contributed by atoms with E-state index in [9.17, 15) is 14.4 Å². The molecule has 3 heterocycles. The van der Waals surface area contributed by atoms with Crippen LogP contribution in [0.5, 0.6) is 17.2 Å². The van der Waals surface area contributed by atoms with Crippen molar-refractivity contribution in [2.24, 2.45) is 0 Å². The van der Waals surface area contributed by atoms with Crippen molar-refractivity contribution in [3.63, 3.8) is 0 Å². The van der Waals surface area contributed by atoms with E-state index in [1.807, 2.05) is 0 Å². The summed E-state index contributed by atoms with van der Waals surface area (Å²) in [5, 5.41) is 2.78. The number of imide groups is 1. The molecular weight excluding hydrogens is 364 g/mol. The molecule has 8 heteroatoms. The predicted molar refractivity (Wildman–Crippen MR) is 95.4 cm³/mol. The van der Waals surface area contributed by atoms with E-state index in [0.717, 1.165) is 4.90 Å². The Labute approximate surface area is 160 Å². The summed E-state index contributed by atoms with van der Waals surface area (Å²) in [4.78, 5) is 39.5. The summed E-state index contributed by atoms with van der Waals surface area (Å²) in [5.41, 5.74) is -0.239. The highest BCUT2D eigenvalue weighted by Crippen LogP contribution is 2.41. The Balaban J connectivity index is 1.42. The Morgan fingerprint density at radius 2 is 1.86 bits per heavy atom. The van der Waals surface area contributed by atoms with Crippen molar-refractivity contribution in [3.8, 4) is 17.2 Å². The first kappa shape index (κ1) is 16.6. The number of carbonyl (C=O) groups is 3. The highest BCUT2D eigenvalue weighted by atomic mass is 16.7. The van der Waals surface area contributed by atoms with Crippen LogP contribution in [0, 0.1) is 0 Å². The molecule has 142 valence electrons. The van der Waals surface area contributed by atoms with Crippen LogP contribution in [0.4, 0.5) is 4.79 Å². The molecule has 1 spiro atoms.